The van der Waals surface area contributed by atoms with Gasteiger partial charge in [-0.25, -0.2) is 14.1 Å². The summed E-state index contributed by atoms with van der Waals surface area (Å²) in [6.07, 6.45) is 3.32. The molecule has 0 aliphatic rings. The number of halogens is 1. The fourth-order valence-corrected chi connectivity index (χ4v) is 1.06. The summed E-state index contributed by atoms with van der Waals surface area (Å²) in [5, 5.41) is 3.96. The van der Waals surface area contributed by atoms with Crippen molar-refractivity contribution < 1.29 is 9.13 Å². The largest absolute Gasteiger partial charge is 0.445 e. The second kappa shape index (κ2) is 3.87. The van der Waals surface area contributed by atoms with E-state index in [0.29, 0.717) is 5.82 Å². The third kappa shape index (κ3) is 1.71. The number of hydrogen-bond acceptors (Lipinski definition) is 3. The van der Waals surface area contributed by atoms with Crippen LogP contribution in [0.2, 0.25) is 0 Å². The van der Waals surface area contributed by atoms with Crippen LogP contribution in [0.4, 0.5) is 4.39 Å². The lowest BCUT2D eigenvalue weighted by Crippen LogP contribution is -1.98. The first-order valence-electron chi connectivity index (χ1n) is 4.06. The van der Waals surface area contributed by atoms with Gasteiger partial charge >= 0.3 is 0 Å². The Labute approximate surface area is 80.0 Å². The number of rotatable bonds is 3. The molecular weight excluding hydrogens is 185 g/mol. The Bertz CT molecular complexity index is 401. The van der Waals surface area contributed by atoms with Gasteiger partial charge in [-0.3, -0.25) is 0 Å². The number of alkyl halides is 1. The van der Waals surface area contributed by atoms with Crippen LogP contribution in [0.15, 0.2) is 36.7 Å². The summed E-state index contributed by atoms with van der Waals surface area (Å²) in [6, 6.07) is 7.03. The number of ether oxygens (including phenoxy) is 1. The fourth-order valence-electron chi connectivity index (χ4n) is 1.06. The van der Waals surface area contributed by atoms with Crippen LogP contribution in [0.3, 0.4) is 0 Å². The highest BCUT2D eigenvalue weighted by atomic mass is 19.1. The van der Waals surface area contributed by atoms with Crippen LogP contribution >= 0.6 is 0 Å². The Morgan fingerprint density at radius 3 is 3.00 bits per heavy atom. The first-order chi connectivity index (χ1) is 6.90. The highest BCUT2D eigenvalue weighted by molar-refractivity contribution is 5.22. The van der Waals surface area contributed by atoms with Crippen LogP contribution in [-0.4, -0.2) is 21.6 Å². The Morgan fingerprint density at radius 2 is 2.29 bits per heavy atom. The lowest BCUT2D eigenvalue weighted by molar-refractivity contribution is 0.184. The van der Waals surface area contributed by atoms with Crippen LogP contribution in [-0.2, 0) is 0 Å². The SMILES string of the molecule is FCOc1ccn(-c2ccccn2)n1. The predicted octanol–water partition coefficient (Wildman–Crippen LogP) is 1.57. The zero-order valence-electron chi connectivity index (χ0n) is 7.30. The van der Waals surface area contributed by atoms with E-state index in [2.05, 4.69) is 14.8 Å². The third-order valence-corrected chi connectivity index (χ3v) is 1.65. The van der Waals surface area contributed by atoms with Gasteiger partial charge in [0.05, 0.1) is 0 Å². The maximum atomic E-state index is 11.8. The summed E-state index contributed by atoms with van der Waals surface area (Å²) in [6.45, 7) is -0.876. The van der Waals surface area contributed by atoms with Gasteiger partial charge in [-0.05, 0) is 12.1 Å². The summed E-state index contributed by atoms with van der Waals surface area (Å²) >= 11 is 0. The van der Waals surface area contributed by atoms with E-state index < -0.39 is 6.86 Å². The molecule has 0 fully saturated rings. The molecule has 5 heteroatoms. The highest BCUT2D eigenvalue weighted by Crippen LogP contribution is 2.09. The summed E-state index contributed by atoms with van der Waals surface area (Å²) in [5.41, 5.74) is 0. The molecule has 72 valence electrons. The van der Waals surface area contributed by atoms with Gasteiger partial charge in [0.2, 0.25) is 12.7 Å². The van der Waals surface area contributed by atoms with Gasteiger partial charge < -0.3 is 4.74 Å². The van der Waals surface area contributed by atoms with Crippen molar-refractivity contribution in [2.45, 2.75) is 0 Å². The molecule has 2 aromatic rings. The predicted molar refractivity (Wildman–Crippen MR) is 48.0 cm³/mol. The number of pyridine rings is 1. The molecule has 14 heavy (non-hydrogen) atoms. The van der Waals surface area contributed by atoms with E-state index in [1.165, 1.54) is 4.68 Å². The molecule has 0 N–H and O–H groups in total. The van der Waals surface area contributed by atoms with Crippen molar-refractivity contribution in [2.75, 3.05) is 6.86 Å². The van der Waals surface area contributed by atoms with Gasteiger partial charge in [0.25, 0.3) is 0 Å². The minimum absolute atomic E-state index is 0.248. The zero-order valence-corrected chi connectivity index (χ0v) is 7.30. The van der Waals surface area contributed by atoms with Crippen molar-refractivity contribution in [1.29, 1.82) is 0 Å². The average molecular weight is 193 g/mol. The molecule has 0 radical (unpaired) electrons. The van der Waals surface area contributed by atoms with E-state index in [9.17, 15) is 4.39 Å². The molecule has 2 aromatic heterocycles. The van der Waals surface area contributed by atoms with E-state index in [4.69, 9.17) is 0 Å². The first-order valence-corrected chi connectivity index (χ1v) is 4.06. The molecule has 0 saturated carbocycles. The smallest absolute Gasteiger partial charge is 0.235 e. The van der Waals surface area contributed by atoms with E-state index >= 15 is 0 Å². The summed E-state index contributed by atoms with van der Waals surface area (Å²) in [5.74, 6) is 0.916. The van der Waals surface area contributed by atoms with Crippen molar-refractivity contribution in [2.24, 2.45) is 0 Å². The molecule has 0 aliphatic carbocycles. The fraction of sp³-hybridized carbons (Fsp3) is 0.111. The third-order valence-electron chi connectivity index (χ3n) is 1.65. The quantitative estimate of drug-likeness (QED) is 0.742. The van der Waals surface area contributed by atoms with Crippen molar-refractivity contribution in [3.63, 3.8) is 0 Å². The van der Waals surface area contributed by atoms with Crippen LogP contribution < -0.4 is 4.74 Å². The van der Waals surface area contributed by atoms with Crippen molar-refractivity contribution >= 4 is 0 Å². The van der Waals surface area contributed by atoms with Crippen LogP contribution in [0.25, 0.3) is 5.82 Å². The van der Waals surface area contributed by atoms with Crippen molar-refractivity contribution in [3.05, 3.63) is 36.7 Å². The molecule has 0 spiro atoms. The molecule has 0 saturated heterocycles. The van der Waals surface area contributed by atoms with Crippen LogP contribution in [0.1, 0.15) is 0 Å². The Kier molecular flexibility index (Phi) is 2.40. The van der Waals surface area contributed by atoms with Gasteiger partial charge in [0, 0.05) is 18.5 Å². The van der Waals surface area contributed by atoms with Gasteiger partial charge in [0.1, 0.15) is 0 Å². The minimum atomic E-state index is -0.876. The molecule has 0 aliphatic heterocycles. The second-order valence-corrected chi connectivity index (χ2v) is 2.54. The van der Waals surface area contributed by atoms with E-state index in [1.54, 1.807) is 24.5 Å². The molecule has 2 rings (SSSR count). The van der Waals surface area contributed by atoms with Gasteiger partial charge in [-0.1, -0.05) is 6.07 Å². The Balaban J connectivity index is 2.25. The number of nitrogens with zero attached hydrogens (tertiary/aromatic N) is 3. The molecule has 0 atom stereocenters. The number of aromatic nitrogens is 3. The Morgan fingerprint density at radius 1 is 1.36 bits per heavy atom. The Hall–Kier alpha value is -1.91. The van der Waals surface area contributed by atoms with Gasteiger partial charge in [-0.2, -0.15) is 0 Å². The molecule has 4 nitrogen and oxygen atoms in total. The van der Waals surface area contributed by atoms with Crippen molar-refractivity contribution in [1.82, 2.24) is 14.8 Å². The summed E-state index contributed by atoms with van der Waals surface area (Å²) in [4.78, 5) is 4.07. The van der Waals surface area contributed by atoms with Crippen LogP contribution in [0, 0.1) is 0 Å². The van der Waals surface area contributed by atoms with E-state index in [1.807, 2.05) is 12.1 Å². The summed E-state index contributed by atoms with van der Waals surface area (Å²) < 4.78 is 17.9. The summed E-state index contributed by atoms with van der Waals surface area (Å²) in [7, 11) is 0. The van der Waals surface area contributed by atoms with Gasteiger partial charge in [0.15, 0.2) is 5.82 Å². The monoisotopic (exact) mass is 193 g/mol. The second-order valence-electron chi connectivity index (χ2n) is 2.54. The van der Waals surface area contributed by atoms with E-state index in [-0.39, 0.29) is 5.88 Å². The normalized spacial score (nSPS) is 10.1. The first kappa shape index (κ1) is 8.68. The van der Waals surface area contributed by atoms with Crippen LogP contribution in [0.5, 0.6) is 5.88 Å². The highest BCUT2D eigenvalue weighted by Gasteiger charge is 2.01. The standard InChI is InChI=1S/C9H8FN3O/c10-7-14-9-4-6-13(12-9)8-3-1-2-5-11-8/h1-6H,7H2. The van der Waals surface area contributed by atoms with Gasteiger partial charge in [-0.15, -0.1) is 5.10 Å². The molecule has 0 bridgehead atoms. The number of hydrogen-bond donors (Lipinski definition) is 0. The molecule has 0 unspecified atom stereocenters. The molecule has 0 amide bonds. The lowest BCUT2D eigenvalue weighted by atomic mass is 10.5. The maximum absolute atomic E-state index is 11.8. The van der Waals surface area contributed by atoms with E-state index in [0.717, 1.165) is 0 Å². The molecule has 2 heterocycles. The zero-order chi connectivity index (χ0) is 9.80. The van der Waals surface area contributed by atoms with Crippen molar-refractivity contribution in [3.8, 4) is 11.7 Å². The lowest BCUT2D eigenvalue weighted by Gasteiger charge is -1.98. The topological polar surface area (TPSA) is 39.9 Å². The molecule has 0 aromatic carbocycles. The average Bonchev–Trinajstić information content (AvgIpc) is 2.68. The minimum Gasteiger partial charge on any atom is -0.445 e. The maximum Gasteiger partial charge on any atom is 0.235 e. The molecular formula is C9H8FN3O.